The molecule has 9 heteroatoms. The van der Waals surface area contributed by atoms with Crippen LogP contribution in [0.3, 0.4) is 0 Å². The molecule has 0 aliphatic carbocycles. The lowest BCUT2D eigenvalue weighted by Gasteiger charge is -2.21. The average molecular weight is 479 g/mol. The summed E-state index contributed by atoms with van der Waals surface area (Å²) in [5, 5.41) is 0. The highest BCUT2D eigenvalue weighted by atomic mass is 16.6. The van der Waals surface area contributed by atoms with E-state index < -0.39 is 47.5 Å². The lowest BCUT2D eigenvalue weighted by atomic mass is 9.91. The Bertz CT molecular complexity index is 1260. The number of aromatic nitrogens is 2. The van der Waals surface area contributed by atoms with E-state index in [1.54, 1.807) is 6.92 Å². The molecule has 0 spiro atoms. The molecule has 182 valence electrons. The lowest BCUT2D eigenvalue weighted by molar-refractivity contribution is -0.157. The Labute approximate surface area is 201 Å². The Morgan fingerprint density at radius 2 is 1.66 bits per heavy atom. The van der Waals surface area contributed by atoms with Gasteiger partial charge in [0.1, 0.15) is 31.0 Å². The standard InChI is InChI=1S/C26H26N2O7/c1-16-14-28(26(32)27-24(16)30)22-13-20(34-17(2)29)21(35-22)15-33-25(31)23(18-9-5-3-6-10-18)19-11-7-4-8-12-19/h3-12,14,20-23H,13,15H2,1-2H3,(H,27,30,32)/t20-,21+,22-/m0/s1. The van der Waals surface area contributed by atoms with Crippen LogP contribution in [-0.4, -0.2) is 40.3 Å². The van der Waals surface area contributed by atoms with Crippen LogP contribution in [0.1, 0.15) is 42.2 Å². The lowest BCUT2D eigenvalue weighted by Crippen LogP contribution is -2.34. The normalized spacial score (nSPS) is 19.5. The number of carbonyl (C=O) groups excluding carboxylic acids is 2. The number of hydrogen-bond donors (Lipinski definition) is 1. The Morgan fingerprint density at radius 1 is 1.06 bits per heavy atom. The number of nitrogens with one attached hydrogen (secondary N) is 1. The maximum Gasteiger partial charge on any atom is 0.330 e. The molecule has 1 saturated heterocycles. The topological polar surface area (TPSA) is 117 Å². The quantitative estimate of drug-likeness (QED) is 0.519. The first kappa shape index (κ1) is 24.2. The van der Waals surface area contributed by atoms with Crippen LogP contribution in [0, 0.1) is 6.92 Å². The van der Waals surface area contributed by atoms with E-state index in [-0.39, 0.29) is 13.0 Å². The Morgan fingerprint density at radius 3 is 2.23 bits per heavy atom. The third-order valence-corrected chi connectivity index (χ3v) is 5.85. The van der Waals surface area contributed by atoms with Gasteiger partial charge in [-0.15, -0.1) is 0 Å². The SMILES string of the molecule is CC(=O)O[C@H]1C[C@@H](n2cc(C)c(=O)[nH]c2=O)O[C@@H]1COC(=O)C(c1ccccc1)c1ccccc1. The van der Waals surface area contributed by atoms with E-state index in [9.17, 15) is 19.2 Å². The molecule has 1 aromatic heterocycles. The van der Waals surface area contributed by atoms with E-state index in [1.165, 1.54) is 17.7 Å². The van der Waals surface area contributed by atoms with Gasteiger partial charge in [0.2, 0.25) is 0 Å². The first-order valence-electron chi connectivity index (χ1n) is 11.2. The number of hydrogen-bond acceptors (Lipinski definition) is 7. The van der Waals surface area contributed by atoms with E-state index in [0.29, 0.717) is 5.56 Å². The van der Waals surface area contributed by atoms with Crippen molar-refractivity contribution < 1.29 is 23.8 Å². The molecule has 2 heterocycles. The summed E-state index contributed by atoms with van der Waals surface area (Å²) in [6.07, 6.45) is -0.777. The van der Waals surface area contributed by atoms with Gasteiger partial charge in [-0.3, -0.25) is 23.9 Å². The number of H-pyrrole nitrogens is 1. The number of rotatable bonds is 7. The van der Waals surface area contributed by atoms with Gasteiger partial charge in [0.05, 0.1) is 0 Å². The molecule has 0 saturated carbocycles. The van der Waals surface area contributed by atoms with E-state index in [1.807, 2.05) is 60.7 Å². The van der Waals surface area contributed by atoms with Crippen molar-refractivity contribution in [3.8, 4) is 0 Å². The molecule has 9 nitrogen and oxygen atoms in total. The van der Waals surface area contributed by atoms with Crippen LogP contribution in [-0.2, 0) is 23.8 Å². The largest absolute Gasteiger partial charge is 0.462 e. The second-order valence-corrected chi connectivity index (χ2v) is 8.38. The summed E-state index contributed by atoms with van der Waals surface area (Å²) in [5.74, 6) is -1.65. The van der Waals surface area contributed by atoms with Crippen molar-refractivity contribution in [3.05, 3.63) is 104 Å². The Kier molecular flexibility index (Phi) is 7.26. The fourth-order valence-corrected chi connectivity index (χ4v) is 4.16. The van der Waals surface area contributed by atoms with Crippen LogP contribution >= 0.6 is 0 Å². The molecule has 0 amide bonds. The second-order valence-electron chi connectivity index (χ2n) is 8.38. The highest BCUT2D eigenvalue weighted by Gasteiger charge is 2.40. The number of aryl methyl sites for hydroxylation is 1. The summed E-state index contributed by atoms with van der Waals surface area (Å²) in [6, 6.07) is 18.6. The Balaban J connectivity index is 1.54. The first-order chi connectivity index (χ1) is 16.8. The molecule has 1 N–H and O–H groups in total. The van der Waals surface area contributed by atoms with E-state index >= 15 is 0 Å². The van der Waals surface area contributed by atoms with Crippen molar-refractivity contribution in [1.82, 2.24) is 9.55 Å². The predicted molar refractivity (Wildman–Crippen MR) is 126 cm³/mol. The van der Waals surface area contributed by atoms with Crippen molar-refractivity contribution in [2.24, 2.45) is 0 Å². The van der Waals surface area contributed by atoms with Crippen LogP contribution in [0.4, 0.5) is 0 Å². The zero-order chi connectivity index (χ0) is 24.9. The highest BCUT2D eigenvalue weighted by Crippen LogP contribution is 2.31. The number of nitrogens with zero attached hydrogens (tertiary/aromatic N) is 1. The van der Waals surface area contributed by atoms with Gasteiger partial charge >= 0.3 is 17.6 Å². The number of ether oxygens (including phenoxy) is 3. The molecule has 3 aromatic rings. The van der Waals surface area contributed by atoms with E-state index in [4.69, 9.17) is 14.2 Å². The molecule has 4 rings (SSSR count). The summed E-state index contributed by atoms with van der Waals surface area (Å²) >= 11 is 0. The summed E-state index contributed by atoms with van der Waals surface area (Å²) in [4.78, 5) is 51.2. The molecule has 0 bridgehead atoms. The molecule has 1 aliphatic rings. The molecule has 1 fully saturated rings. The van der Waals surface area contributed by atoms with Gasteiger partial charge in [-0.25, -0.2) is 4.79 Å². The van der Waals surface area contributed by atoms with Crippen LogP contribution in [0.25, 0.3) is 0 Å². The van der Waals surface area contributed by atoms with Gasteiger partial charge in [0, 0.05) is 25.1 Å². The summed E-state index contributed by atoms with van der Waals surface area (Å²) < 4.78 is 18.3. The number of aromatic amines is 1. The van der Waals surface area contributed by atoms with Crippen LogP contribution < -0.4 is 11.2 Å². The third-order valence-electron chi connectivity index (χ3n) is 5.85. The average Bonchev–Trinajstić information content (AvgIpc) is 3.23. The zero-order valence-corrected chi connectivity index (χ0v) is 19.4. The van der Waals surface area contributed by atoms with Crippen LogP contribution in [0.2, 0.25) is 0 Å². The van der Waals surface area contributed by atoms with Crippen molar-refractivity contribution >= 4 is 11.9 Å². The predicted octanol–water partition coefficient (Wildman–Crippen LogP) is 2.44. The molecular formula is C26H26N2O7. The number of carbonyl (C=O) groups is 2. The smallest absolute Gasteiger partial charge is 0.330 e. The molecular weight excluding hydrogens is 452 g/mol. The third kappa shape index (κ3) is 5.58. The molecule has 1 aliphatic heterocycles. The molecule has 2 aromatic carbocycles. The van der Waals surface area contributed by atoms with Gasteiger partial charge in [-0.2, -0.15) is 0 Å². The summed E-state index contributed by atoms with van der Waals surface area (Å²) in [6.45, 7) is 2.66. The van der Waals surface area contributed by atoms with Crippen molar-refractivity contribution in [2.45, 2.75) is 44.6 Å². The maximum absolute atomic E-state index is 13.2. The summed E-state index contributed by atoms with van der Waals surface area (Å²) in [7, 11) is 0. The monoisotopic (exact) mass is 478 g/mol. The minimum Gasteiger partial charge on any atom is -0.462 e. The van der Waals surface area contributed by atoms with Gasteiger partial charge < -0.3 is 14.2 Å². The fraction of sp³-hybridized carbons (Fsp3) is 0.308. The van der Waals surface area contributed by atoms with Crippen LogP contribution in [0.15, 0.2) is 76.4 Å². The van der Waals surface area contributed by atoms with E-state index in [2.05, 4.69) is 4.98 Å². The minimum atomic E-state index is -0.801. The van der Waals surface area contributed by atoms with Crippen molar-refractivity contribution in [1.29, 1.82) is 0 Å². The highest BCUT2D eigenvalue weighted by molar-refractivity contribution is 5.82. The first-order valence-corrected chi connectivity index (χ1v) is 11.2. The van der Waals surface area contributed by atoms with Crippen molar-refractivity contribution in [3.63, 3.8) is 0 Å². The number of esters is 2. The van der Waals surface area contributed by atoms with E-state index in [0.717, 1.165) is 11.1 Å². The number of benzene rings is 2. The second kappa shape index (κ2) is 10.5. The molecule has 0 radical (unpaired) electrons. The Hall–Kier alpha value is -3.98. The fourth-order valence-electron chi connectivity index (χ4n) is 4.16. The van der Waals surface area contributed by atoms with Gasteiger partial charge in [0.15, 0.2) is 0 Å². The molecule has 3 atom stereocenters. The van der Waals surface area contributed by atoms with Crippen molar-refractivity contribution in [2.75, 3.05) is 6.61 Å². The van der Waals surface area contributed by atoms with Gasteiger partial charge in [-0.1, -0.05) is 60.7 Å². The van der Waals surface area contributed by atoms with Gasteiger partial charge in [-0.05, 0) is 18.1 Å². The minimum absolute atomic E-state index is 0.161. The maximum atomic E-state index is 13.2. The summed E-state index contributed by atoms with van der Waals surface area (Å²) in [5.41, 5.74) is 0.763. The molecule has 35 heavy (non-hydrogen) atoms. The zero-order valence-electron chi connectivity index (χ0n) is 19.4. The molecule has 0 unspecified atom stereocenters. The van der Waals surface area contributed by atoms with Crippen LogP contribution in [0.5, 0.6) is 0 Å². The van der Waals surface area contributed by atoms with Gasteiger partial charge in [0.25, 0.3) is 5.56 Å².